The van der Waals surface area contributed by atoms with Gasteiger partial charge in [-0.05, 0) is 24.5 Å². The summed E-state index contributed by atoms with van der Waals surface area (Å²) in [7, 11) is 0. The Kier molecular flexibility index (Phi) is 6.66. The number of H-pyrrole nitrogens is 1. The lowest BCUT2D eigenvalue weighted by molar-refractivity contribution is -0.162. The van der Waals surface area contributed by atoms with Gasteiger partial charge in [0.15, 0.2) is 0 Å². The normalized spacial score (nSPS) is 16.4. The number of carbonyl (C=O) groups is 1. The van der Waals surface area contributed by atoms with E-state index in [9.17, 15) is 18.0 Å². The predicted octanol–water partition coefficient (Wildman–Crippen LogP) is 3.12. The SMILES string of the molecule is CC(C)CN(CC(F)(F)F)C(=O)CN1CCCN(c2nc3ccccc3[nH]2)CC1. The lowest BCUT2D eigenvalue weighted by Gasteiger charge is -2.28. The van der Waals surface area contributed by atoms with Gasteiger partial charge in [0, 0.05) is 32.7 Å². The number of aromatic nitrogens is 2. The second-order valence-corrected chi connectivity index (χ2v) is 7.98. The molecule has 29 heavy (non-hydrogen) atoms. The number of anilines is 1. The molecule has 160 valence electrons. The molecule has 2 heterocycles. The average molecular weight is 411 g/mol. The highest BCUT2D eigenvalue weighted by atomic mass is 19.4. The first-order valence-corrected chi connectivity index (χ1v) is 9.98. The molecule has 1 aliphatic heterocycles. The first-order chi connectivity index (χ1) is 13.7. The van der Waals surface area contributed by atoms with Crippen molar-refractivity contribution >= 4 is 22.9 Å². The van der Waals surface area contributed by atoms with Crippen LogP contribution in [0.1, 0.15) is 20.3 Å². The van der Waals surface area contributed by atoms with Crippen LogP contribution in [0, 0.1) is 5.92 Å². The van der Waals surface area contributed by atoms with E-state index in [1.807, 2.05) is 43.0 Å². The van der Waals surface area contributed by atoms with E-state index < -0.39 is 18.6 Å². The van der Waals surface area contributed by atoms with Gasteiger partial charge in [-0.25, -0.2) is 4.98 Å². The molecule has 1 aliphatic rings. The van der Waals surface area contributed by atoms with Gasteiger partial charge < -0.3 is 14.8 Å². The fourth-order valence-corrected chi connectivity index (χ4v) is 3.63. The number of benzene rings is 1. The molecule has 1 aromatic carbocycles. The Bertz CT molecular complexity index is 787. The van der Waals surface area contributed by atoms with Crippen LogP contribution in [0.4, 0.5) is 19.1 Å². The fraction of sp³-hybridized carbons (Fsp3) is 0.600. The molecule has 2 aromatic rings. The molecule has 0 bridgehead atoms. The van der Waals surface area contributed by atoms with E-state index in [0.29, 0.717) is 19.6 Å². The smallest absolute Gasteiger partial charge is 0.341 e. The number of hydrogen-bond donors (Lipinski definition) is 1. The van der Waals surface area contributed by atoms with Crippen LogP contribution in [-0.4, -0.2) is 77.7 Å². The second-order valence-electron chi connectivity index (χ2n) is 7.98. The van der Waals surface area contributed by atoms with Gasteiger partial charge in [-0.15, -0.1) is 0 Å². The molecular formula is C20H28F3N5O. The number of carbonyl (C=O) groups excluding carboxylic acids is 1. The molecule has 6 nitrogen and oxygen atoms in total. The summed E-state index contributed by atoms with van der Waals surface area (Å²) in [5.41, 5.74) is 1.87. The molecule has 1 saturated heterocycles. The minimum Gasteiger partial charge on any atom is -0.341 e. The van der Waals surface area contributed by atoms with E-state index in [2.05, 4.69) is 14.9 Å². The van der Waals surface area contributed by atoms with Crippen LogP contribution >= 0.6 is 0 Å². The van der Waals surface area contributed by atoms with Gasteiger partial charge in [-0.2, -0.15) is 13.2 Å². The van der Waals surface area contributed by atoms with Crippen molar-refractivity contribution in [3.05, 3.63) is 24.3 Å². The van der Waals surface area contributed by atoms with Gasteiger partial charge in [0.05, 0.1) is 17.6 Å². The van der Waals surface area contributed by atoms with Crippen LogP contribution in [0.3, 0.4) is 0 Å². The molecular weight excluding hydrogens is 383 g/mol. The fourth-order valence-electron chi connectivity index (χ4n) is 3.63. The van der Waals surface area contributed by atoms with Crippen molar-refractivity contribution in [2.75, 3.05) is 50.7 Å². The number of rotatable bonds is 6. The summed E-state index contributed by atoms with van der Waals surface area (Å²) in [6.07, 6.45) is -3.57. The van der Waals surface area contributed by atoms with Crippen molar-refractivity contribution in [2.45, 2.75) is 26.4 Å². The largest absolute Gasteiger partial charge is 0.406 e. The van der Waals surface area contributed by atoms with E-state index in [0.717, 1.165) is 34.8 Å². The Labute approximate surface area is 168 Å². The first-order valence-electron chi connectivity index (χ1n) is 9.98. The van der Waals surface area contributed by atoms with Crippen molar-refractivity contribution in [1.82, 2.24) is 19.8 Å². The van der Waals surface area contributed by atoms with Gasteiger partial charge in [-0.1, -0.05) is 26.0 Å². The topological polar surface area (TPSA) is 55.5 Å². The molecule has 0 atom stereocenters. The Morgan fingerprint density at radius 2 is 1.97 bits per heavy atom. The summed E-state index contributed by atoms with van der Waals surface area (Å²) >= 11 is 0. The van der Waals surface area contributed by atoms with Crippen LogP contribution in [0.5, 0.6) is 0 Å². The van der Waals surface area contributed by atoms with Gasteiger partial charge in [0.2, 0.25) is 11.9 Å². The third-order valence-corrected chi connectivity index (χ3v) is 4.93. The summed E-state index contributed by atoms with van der Waals surface area (Å²) in [5.74, 6) is 0.306. The highest BCUT2D eigenvalue weighted by Crippen LogP contribution is 2.20. The van der Waals surface area contributed by atoms with Crippen molar-refractivity contribution < 1.29 is 18.0 Å². The minimum atomic E-state index is -4.39. The Morgan fingerprint density at radius 1 is 1.21 bits per heavy atom. The molecule has 0 spiro atoms. The second kappa shape index (κ2) is 9.02. The van der Waals surface area contributed by atoms with Crippen molar-refractivity contribution in [1.29, 1.82) is 0 Å². The summed E-state index contributed by atoms with van der Waals surface area (Å²) in [4.78, 5) is 25.5. The number of halogens is 3. The number of fused-ring (bicyclic) bond motifs is 1. The molecule has 0 saturated carbocycles. The summed E-state index contributed by atoms with van der Waals surface area (Å²) in [5, 5.41) is 0. The minimum absolute atomic E-state index is 0.0107. The molecule has 0 aliphatic carbocycles. The number of hydrogen-bond acceptors (Lipinski definition) is 4. The summed E-state index contributed by atoms with van der Waals surface area (Å²) < 4.78 is 38.6. The summed E-state index contributed by atoms with van der Waals surface area (Å²) in [6.45, 7) is 5.27. The standard InChI is InChI=1S/C20H28F3N5O/c1-15(2)12-28(14-20(21,22)23)18(29)13-26-8-5-9-27(11-10-26)19-24-16-6-3-4-7-17(16)25-19/h3-4,6-7,15H,5,8-14H2,1-2H3,(H,24,25). The number of para-hydroxylation sites is 2. The first kappa shape index (κ1) is 21.4. The highest BCUT2D eigenvalue weighted by Gasteiger charge is 2.33. The van der Waals surface area contributed by atoms with Crippen LogP contribution in [-0.2, 0) is 4.79 Å². The zero-order chi connectivity index (χ0) is 21.0. The van der Waals surface area contributed by atoms with E-state index in [-0.39, 0.29) is 19.0 Å². The van der Waals surface area contributed by atoms with E-state index >= 15 is 0 Å². The quantitative estimate of drug-likeness (QED) is 0.794. The Hall–Kier alpha value is -2.29. The van der Waals surface area contributed by atoms with Crippen molar-refractivity contribution in [3.63, 3.8) is 0 Å². The molecule has 0 unspecified atom stereocenters. The van der Waals surface area contributed by atoms with E-state index in [1.54, 1.807) is 0 Å². The maximum absolute atomic E-state index is 12.9. The number of nitrogens with zero attached hydrogens (tertiary/aromatic N) is 4. The molecule has 1 N–H and O–H groups in total. The third kappa shape index (κ3) is 6.09. The van der Waals surface area contributed by atoms with Gasteiger partial charge in [0.25, 0.3) is 0 Å². The number of aromatic amines is 1. The Balaban J connectivity index is 1.60. The molecule has 3 rings (SSSR count). The van der Waals surface area contributed by atoms with Crippen molar-refractivity contribution in [2.24, 2.45) is 5.92 Å². The zero-order valence-electron chi connectivity index (χ0n) is 16.9. The van der Waals surface area contributed by atoms with E-state index in [4.69, 9.17) is 0 Å². The third-order valence-electron chi connectivity index (χ3n) is 4.93. The predicted molar refractivity (Wildman–Crippen MR) is 107 cm³/mol. The van der Waals surface area contributed by atoms with Gasteiger partial charge in [0.1, 0.15) is 6.54 Å². The summed E-state index contributed by atoms with van der Waals surface area (Å²) in [6, 6.07) is 7.80. The van der Waals surface area contributed by atoms with E-state index in [1.165, 1.54) is 0 Å². The number of alkyl halides is 3. The van der Waals surface area contributed by atoms with Crippen LogP contribution < -0.4 is 4.90 Å². The lowest BCUT2D eigenvalue weighted by Crippen LogP contribution is -2.46. The van der Waals surface area contributed by atoms with Crippen LogP contribution in [0.15, 0.2) is 24.3 Å². The monoisotopic (exact) mass is 411 g/mol. The highest BCUT2D eigenvalue weighted by molar-refractivity contribution is 5.78. The molecule has 1 fully saturated rings. The maximum atomic E-state index is 12.9. The molecule has 0 radical (unpaired) electrons. The van der Waals surface area contributed by atoms with Gasteiger partial charge in [-0.3, -0.25) is 9.69 Å². The molecule has 1 amide bonds. The van der Waals surface area contributed by atoms with Crippen LogP contribution in [0.2, 0.25) is 0 Å². The number of imidazole rings is 1. The van der Waals surface area contributed by atoms with Crippen LogP contribution in [0.25, 0.3) is 11.0 Å². The maximum Gasteiger partial charge on any atom is 0.406 e. The Morgan fingerprint density at radius 3 is 2.66 bits per heavy atom. The average Bonchev–Trinajstić information content (AvgIpc) is 2.92. The van der Waals surface area contributed by atoms with Gasteiger partial charge >= 0.3 is 6.18 Å². The molecule has 1 aromatic heterocycles. The lowest BCUT2D eigenvalue weighted by atomic mass is 10.2. The van der Waals surface area contributed by atoms with Crippen molar-refractivity contribution in [3.8, 4) is 0 Å². The number of nitrogens with one attached hydrogen (secondary N) is 1. The zero-order valence-corrected chi connectivity index (χ0v) is 16.9. The molecule has 9 heteroatoms. The number of amides is 1.